The summed E-state index contributed by atoms with van der Waals surface area (Å²) in [6, 6.07) is 15.9. The van der Waals surface area contributed by atoms with Crippen LogP contribution in [0.4, 0.5) is 11.4 Å². The molecule has 0 aliphatic rings. The third-order valence-electron chi connectivity index (χ3n) is 2.21. The summed E-state index contributed by atoms with van der Waals surface area (Å²) >= 11 is 0. The number of rotatable bonds is 2. The van der Waals surface area contributed by atoms with Gasteiger partial charge in [0.2, 0.25) is 0 Å². The largest absolute Gasteiger partial charge is 0.320 e. The van der Waals surface area contributed by atoms with Crippen molar-refractivity contribution in [3.05, 3.63) is 60.2 Å². The van der Waals surface area contributed by atoms with Crippen LogP contribution < -0.4 is 11.1 Å². The SMILES string of the molecule is [NH]c1ccccc1NC(=O)c1ccccc1. The molecular weight excluding hydrogens is 200 g/mol. The number of hydrogen-bond acceptors (Lipinski definition) is 1. The quantitative estimate of drug-likeness (QED) is 0.815. The molecule has 0 aliphatic heterocycles. The van der Waals surface area contributed by atoms with E-state index in [2.05, 4.69) is 5.32 Å². The maximum atomic E-state index is 11.8. The zero-order valence-electron chi connectivity index (χ0n) is 8.60. The minimum Gasteiger partial charge on any atom is -0.320 e. The zero-order valence-corrected chi connectivity index (χ0v) is 8.60. The molecule has 2 N–H and O–H groups in total. The molecule has 79 valence electrons. The second-order valence-electron chi connectivity index (χ2n) is 3.37. The van der Waals surface area contributed by atoms with Gasteiger partial charge >= 0.3 is 0 Å². The van der Waals surface area contributed by atoms with Gasteiger partial charge in [-0.25, -0.2) is 0 Å². The van der Waals surface area contributed by atoms with Crippen LogP contribution in [0.15, 0.2) is 54.6 Å². The number of hydrogen-bond donors (Lipinski definition) is 1. The zero-order chi connectivity index (χ0) is 11.4. The molecule has 3 heteroatoms. The van der Waals surface area contributed by atoms with Crippen LogP contribution >= 0.6 is 0 Å². The minimum atomic E-state index is -0.194. The van der Waals surface area contributed by atoms with E-state index >= 15 is 0 Å². The van der Waals surface area contributed by atoms with E-state index in [1.807, 2.05) is 18.2 Å². The van der Waals surface area contributed by atoms with E-state index < -0.39 is 0 Å². The smallest absolute Gasteiger partial charge is 0.255 e. The highest BCUT2D eigenvalue weighted by Gasteiger charge is 2.06. The van der Waals surface area contributed by atoms with Crippen molar-refractivity contribution in [2.45, 2.75) is 0 Å². The Morgan fingerprint density at radius 1 is 0.938 bits per heavy atom. The molecule has 2 aromatic carbocycles. The Balaban J connectivity index is 2.18. The molecule has 0 heterocycles. The molecule has 0 saturated heterocycles. The highest BCUT2D eigenvalue weighted by molar-refractivity contribution is 6.05. The van der Waals surface area contributed by atoms with E-state index in [0.29, 0.717) is 16.9 Å². The van der Waals surface area contributed by atoms with Crippen molar-refractivity contribution in [2.24, 2.45) is 0 Å². The Morgan fingerprint density at radius 3 is 2.25 bits per heavy atom. The predicted molar refractivity (Wildman–Crippen MR) is 63.6 cm³/mol. The van der Waals surface area contributed by atoms with Gasteiger partial charge < -0.3 is 5.32 Å². The summed E-state index contributed by atoms with van der Waals surface area (Å²) in [6.07, 6.45) is 0. The number of carbonyl (C=O) groups is 1. The van der Waals surface area contributed by atoms with Gasteiger partial charge in [-0.2, -0.15) is 0 Å². The molecule has 2 rings (SSSR count). The molecule has 0 bridgehead atoms. The van der Waals surface area contributed by atoms with E-state index in [0.717, 1.165) is 0 Å². The van der Waals surface area contributed by atoms with Gasteiger partial charge in [0.25, 0.3) is 5.91 Å². The van der Waals surface area contributed by atoms with Gasteiger partial charge in [-0.1, -0.05) is 30.3 Å². The van der Waals surface area contributed by atoms with Crippen LogP contribution in [-0.2, 0) is 0 Å². The first kappa shape index (κ1) is 10.2. The van der Waals surface area contributed by atoms with Crippen molar-refractivity contribution >= 4 is 17.3 Å². The van der Waals surface area contributed by atoms with Gasteiger partial charge in [-0.3, -0.25) is 10.5 Å². The van der Waals surface area contributed by atoms with Crippen LogP contribution in [0.3, 0.4) is 0 Å². The minimum absolute atomic E-state index is 0.194. The second kappa shape index (κ2) is 4.49. The normalized spacial score (nSPS) is 9.75. The van der Waals surface area contributed by atoms with Gasteiger partial charge in [-0.05, 0) is 24.3 Å². The predicted octanol–water partition coefficient (Wildman–Crippen LogP) is 2.85. The maximum Gasteiger partial charge on any atom is 0.255 e. The molecule has 1 radical (unpaired) electrons. The molecule has 0 aliphatic carbocycles. The molecule has 0 atom stereocenters. The molecule has 0 fully saturated rings. The third-order valence-corrected chi connectivity index (χ3v) is 2.21. The topological polar surface area (TPSA) is 52.9 Å². The van der Waals surface area contributed by atoms with Crippen molar-refractivity contribution in [1.29, 1.82) is 0 Å². The summed E-state index contributed by atoms with van der Waals surface area (Å²) in [7, 11) is 0. The lowest BCUT2D eigenvalue weighted by Gasteiger charge is -2.06. The number of anilines is 1. The lowest BCUT2D eigenvalue weighted by atomic mass is 10.2. The second-order valence-corrected chi connectivity index (χ2v) is 3.37. The Labute approximate surface area is 93.9 Å². The maximum absolute atomic E-state index is 11.8. The molecule has 2 aromatic rings. The van der Waals surface area contributed by atoms with Crippen LogP contribution in [0.5, 0.6) is 0 Å². The number of amides is 1. The first-order valence-electron chi connectivity index (χ1n) is 4.94. The van der Waals surface area contributed by atoms with Crippen molar-refractivity contribution in [3.8, 4) is 0 Å². The van der Waals surface area contributed by atoms with Gasteiger partial charge in [-0.15, -0.1) is 0 Å². The van der Waals surface area contributed by atoms with Crippen molar-refractivity contribution in [1.82, 2.24) is 5.73 Å². The van der Waals surface area contributed by atoms with Gasteiger partial charge in [0.05, 0.1) is 11.4 Å². The van der Waals surface area contributed by atoms with E-state index in [4.69, 9.17) is 5.73 Å². The molecule has 0 spiro atoms. The molecule has 0 aromatic heterocycles. The van der Waals surface area contributed by atoms with Crippen LogP contribution in [-0.4, -0.2) is 5.91 Å². The average molecular weight is 211 g/mol. The Hall–Kier alpha value is -2.29. The van der Waals surface area contributed by atoms with Gasteiger partial charge in [0.1, 0.15) is 0 Å². The monoisotopic (exact) mass is 211 g/mol. The summed E-state index contributed by atoms with van der Waals surface area (Å²) in [6.45, 7) is 0. The van der Waals surface area contributed by atoms with Crippen molar-refractivity contribution in [3.63, 3.8) is 0 Å². The fourth-order valence-electron chi connectivity index (χ4n) is 1.38. The average Bonchev–Trinajstić information content (AvgIpc) is 2.33. The fraction of sp³-hybridized carbons (Fsp3) is 0. The first-order valence-corrected chi connectivity index (χ1v) is 4.94. The number of nitrogens with one attached hydrogen (secondary N) is 2. The highest BCUT2D eigenvalue weighted by Crippen LogP contribution is 2.19. The highest BCUT2D eigenvalue weighted by atomic mass is 16.1. The van der Waals surface area contributed by atoms with Crippen LogP contribution in [0, 0.1) is 0 Å². The Kier molecular flexibility index (Phi) is 2.87. The van der Waals surface area contributed by atoms with Gasteiger partial charge in [0, 0.05) is 5.56 Å². The lowest BCUT2D eigenvalue weighted by Crippen LogP contribution is -2.11. The number of carbonyl (C=O) groups excluding carboxylic acids is 1. The number of benzene rings is 2. The van der Waals surface area contributed by atoms with Gasteiger partial charge in [0.15, 0.2) is 0 Å². The van der Waals surface area contributed by atoms with E-state index in [1.54, 1.807) is 36.4 Å². The van der Waals surface area contributed by atoms with Crippen LogP contribution in [0.1, 0.15) is 10.4 Å². The molecule has 0 unspecified atom stereocenters. The third kappa shape index (κ3) is 2.20. The molecule has 1 amide bonds. The van der Waals surface area contributed by atoms with Crippen molar-refractivity contribution in [2.75, 3.05) is 5.32 Å². The Bertz CT molecular complexity index is 494. The molecular formula is C13H11N2O. The number of para-hydroxylation sites is 1. The first-order chi connectivity index (χ1) is 7.77. The van der Waals surface area contributed by atoms with Crippen molar-refractivity contribution < 1.29 is 4.79 Å². The summed E-state index contributed by atoms with van der Waals surface area (Å²) in [4.78, 5) is 11.8. The summed E-state index contributed by atoms with van der Waals surface area (Å²) in [5.41, 5.74) is 9.04. The molecule has 0 saturated carbocycles. The lowest BCUT2D eigenvalue weighted by molar-refractivity contribution is 0.102. The standard InChI is InChI=1S/C13H11N2O/c14-11-8-4-5-9-12(11)15-13(16)10-6-2-1-3-7-10/h1-9,14H,(H,15,16). The fourth-order valence-corrected chi connectivity index (χ4v) is 1.38. The molecule has 3 nitrogen and oxygen atoms in total. The van der Waals surface area contributed by atoms with Crippen LogP contribution in [0.25, 0.3) is 0 Å². The summed E-state index contributed by atoms with van der Waals surface area (Å²) in [5, 5.41) is 2.70. The van der Waals surface area contributed by atoms with Crippen LogP contribution in [0.2, 0.25) is 0 Å². The summed E-state index contributed by atoms with van der Waals surface area (Å²) in [5.74, 6) is -0.194. The molecule has 16 heavy (non-hydrogen) atoms. The van der Waals surface area contributed by atoms with E-state index in [9.17, 15) is 4.79 Å². The Morgan fingerprint density at radius 2 is 1.56 bits per heavy atom. The summed E-state index contributed by atoms with van der Waals surface area (Å²) < 4.78 is 0. The van der Waals surface area contributed by atoms with E-state index in [-0.39, 0.29) is 5.91 Å². The van der Waals surface area contributed by atoms with E-state index in [1.165, 1.54) is 0 Å².